The molecular weight excluding hydrogens is 326 g/mol. The van der Waals surface area contributed by atoms with E-state index < -0.39 is 0 Å². The standard InChI is InChI=1S/C21H23N3O2/c1-15(2)14-23-21(26)19(22-16(3)25)20(17-10-6-4-7-11-17)24(23)18-12-8-5-9-13-18/h4-13,15H,14H2,1-3H3,(H,22,25). The van der Waals surface area contributed by atoms with Crippen LogP contribution in [0.3, 0.4) is 0 Å². The molecule has 1 heterocycles. The Hall–Kier alpha value is -3.08. The summed E-state index contributed by atoms with van der Waals surface area (Å²) in [5.41, 5.74) is 2.56. The first-order valence-corrected chi connectivity index (χ1v) is 8.73. The van der Waals surface area contributed by atoms with E-state index in [4.69, 9.17) is 0 Å². The summed E-state index contributed by atoms with van der Waals surface area (Å²) in [5, 5.41) is 2.75. The summed E-state index contributed by atoms with van der Waals surface area (Å²) in [6.45, 7) is 6.10. The second-order valence-electron chi connectivity index (χ2n) is 6.70. The fourth-order valence-corrected chi connectivity index (χ4v) is 3.05. The van der Waals surface area contributed by atoms with Gasteiger partial charge in [-0.2, -0.15) is 0 Å². The molecule has 0 unspecified atom stereocenters. The number of carbonyl (C=O) groups excluding carboxylic acids is 1. The molecule has 5 heteroatoms. The van der Waals surface area contributed by atoms with E-state index in [0.717, 1.165) is 11.3 Å². The zero-order chi connectivity index (χ0) is 18.7. The van der Waals surface area contributed by atoms with Crippen molar-refractivity contribution in [2.24, 2.45) is 5.92 Å². The molecule has 26 heavy (non-hydrogen) atoms. The molecule has 3 aromatic rings. The van der Waals surface area contributed by atoms with Gasteiger partial charge in [-0.1, -0.05) is 62.4 Å². The number of amides is 1. The molecule has 1 amide bonds. The first-order valence-electron chi connectivity index (χ1n) is 8.73. The van der Waals surface area contributed by atoms with Gasteiger partial charge in [0.15, 0.2) is 0 Å². The van der Waals surface area contributed by atoms with Gasteiger partial charge in [0.25, 0.3) is 5.56 Å². The highest BCUT2D eigenvalue weighted by Crippen LogP contribution is 2.29. The number of nitrogens with zero attached hydrogens (tertiary/aromatic N) is 2. The molecule has 0 saturated carbocycles. The van der Waals surface area contributed by atoms with Crippen LogP contribution in [-0.2, 0) is 11.3 Å². The number of benzene rings is 2. The smallest absolute Gasteiger partial charge is 0.291 e. The topological polar surface area (TPSA) is 56.0 Å². The van der Waals surface area contributed by atoms with Crippen LogP contribution in [0.1, 0.15) is 20.8 Å². The first-order chi connectivity index (χ1) is 12.5. The minimum Gasteiger partial charge on any atom is -0.320 e. The summed E-state index contributed by atoms with van der Waals surface area (Å²) in [7, 11) is 0. The Morgan fingerprint density at radius 2 is 1.58 bits per heavy atom. The molecule has 5 nitrogen and oxygen atoms in total. The van der Waals surface area contributed by atoms with E-state index in [0.29, 0.717) is 17.9 Å². The fourth-order valence-electron chi connectivity index (χ4n) is 3.05. The van der Waals surface area contributed by atoms with Crippen molar-refractivity contribution in [2.45, 2.75) is 27.3 Å². The summed E-state index contributed by atoms with van der Waals surface area (Å²) < 4.78 is 3.61. The SMILES string of the molecule is CC(=O)Nc1c(-c2ccccc2)n(-c2ccccc2)n(CC(C)C)c1=O. The Labute approximate surface area is 152 Å². The van der Waals surface area contributed by atoms with Crippen molar-refractivity contribution < 1.29 is 4.79 Å². The summed E-state index contributed by atoms with van der Waals surface area (Å²) in [5.74, 6) is 0.0139. The first kappa shape index (κ1) is 17.7. The number of hydrogen-bond donors (Lipinski definition) is 1. The van der Waals surface area contributed by atoms with Gasteiger partial charge in [-0.3, -0.25) is 9.59 Å². The van der Waals surface area contributed by atoms with Crippen LogP contribution < -0.4 is 10.9 Å². The second-order valence-corrected chi connectivity index (χ2v) is 6.70. The number of para-hydroxylation sites is 1. The van der Waals surface area contributed by atoms with Crippen LogP contribution in [0.25, 0.3) is 16.9 Å². The molecule has 0 fully saturated rings. The highest BCUT2D eigenvalue weighted by atomic mass is 16.2. The molecule has 0 atom stereocenters. The maximum absolute atomic E-state index is 13.2. The molecule has 0 aliphatic heterocycles. The van der Waals surface area contributed by atoms with Crippen LogP contribution in [0.4, 0.5) is 5.69 Å². The number of anilines is 1. The Kier molecular flexibility index (Phi) is 5.07. The molecule has 0 spiro atoms. The van der Waals surface area contributed by atoms with Crippen LogP contribution in [0.2, 0.25) is 0 Å². The van der Waals surface area contributed by atoms with Gasteiger partial charge in [-0.05, 0) is 18.1 Å². The van der Waals surface area contributed by atoms with E-state index in [1.165, 1.54) is 6.92 Å². The van der Waals surface area contributed by atoms with E-state index in [1.807, 2.05) is 65.3 Å². The molecule has 1 N–H and O–H groups in total. The van der Waals surface area contributed by atoms with E-state index in [9.17, 15) is 9.59 Å². The van der Waals surface area contributed by atoms with Crippen molar-refractivity contribution >= 4 is 11.6 Å². The van der Waals surface area contributed by atoms with Gasteiger partial charge in [0, 0.05) is 19.0 Å². The zero-order valence-corrected chi connectivity index (χ0v) is 15.3. The third kappa shape index (κ3) is 3.47. The normalized spacial score (nSPS) is 10.9. The average Bonchev–Trinajstić information content (AvgIpc) is 2.88. The second kappa shape index (κ2) is 7.44. The number of carbonyl (C=O) groups is 1. The van der Waals surface area contributed by atoms with Gasteiger partial charge in [0.05, 0.1) is 11.4 Å². The van der Waals surface area contributed by atoms with Gasteiger partial charge in [-0.25, -0.2) is 9.36 Å². The quantitative estimate of drug-likeness (QED) is 0.759. The maximum atomic E-state index is 13.2. The van der Waals surface area contributed by atoms with Crippen molar-refractivity contribution in [3.63, 3.8) is 0 Å². The number of aromatic nitrogens is 2. The van der Waals surface area contributed by atoms with Gasteiger partial charge >= 0.3 is 0 Å². The molecular formula is C21H23N3O2. The van der Waals surface area contributed by atoms with E-state index in [-0.39, 0.29) is 17.4 Å². The van der Waals surface area contributed by atoms with Crippen molar-refractivity contribution in [1.29, 1.82) is 0 Å². The molecule has 0 saturated heterocycles. The Bertz CT molecular complexity index is 954. The van der Waals surface area contributed by atoms with Crippen molar-refractivity contribution in [3.05, 3.63) is 71.0 Å². The van der Waals surface area contributed by atoms with Crippen molar-refractivity contribution in [3.8, 4) is 16.9 Å². The van der Waals surface area contributed by atoms with Crippen LogP contribution in [0.15, 0.2) is 65.5 Å². The fraction of sp³-hybridized carbons (Fsp3) is 0.238. The Morgan fingerprint density at radius 1 is 1.00 bits per heavy atom. The predicted octanol–water partition coefficient (Wildman–Crippen LogP) is 3.92. The molecule has 0 radical (unpaired) electrons. The van der Waals surface area contributed by atoms with Crippen LogP contribution in [0.5, 0.6) is 0 Å². The van der Waals surface area contributed by atoms with Crippen molar-refractivity contribution in [1.82, 2.24) is 9.36 Å². The highest BCUT2D eigenvalue weighted by Gasteiger charge is 2.23. The minimum atomic E-state index is -0.263. The van der Waals surface area contributed by atoms with Gasteiger partial charge in [0.1, 0.15) is 5.69 Å². The molecule has 0 bridgehead atoms. The van der Waals surface area contributed by atoms with Crippen LogP contribution in [0, 0.1) is 5.92 Å². The molecule has 0 aliphatic rings. The van der Waals surface area contributed by atoms with Gasteiger partial charge in [0.2, 0.25) is 5.91 Å². The maximum Gasteiger partial charge on any atom is 0.291 e. The van der Waals surface area contributed by atoms with E-state index in [2.05, 4.69) is 19.2 Å². The average molecular weight is 349 g/mol. The molecule has 0 aliphatic carbocycles. The lowest BCUT2D eigenvalue weighted by Crippen LogP contribution is -2.26. The van der Waals surface area contributed by atoms with E-state index >= 15 is 0 Å². The summed E-state index contributed by atoms with van der Waals surface area (Å²) in [4.78, 5) is 24.9. The van der Waals surface area contributed by atoms with Crippen LogP contribution in [-0.4, -0.2) is 15.3 Å². The van der Waals surface area contributed by atoms with Crippen LogP contribution >= 0.6 is 0 Å². The summed E-state index contributed by atoms with van der Waals surface area (Å²) in [6.07, 6.45) is 0. The molecule has 1 aromatic heterocycles. The lowest BCUT2D eigenvalue weighted by Gasteiger charge is -2.16. The third-order valence-electron chi connectivity index (χ3n) is 4.03. The summed E-state index contributed by atoms with van der Waals surface area (Å²) >= 11 is 0. The summed E-state index contributed by atoms with van der Waals surface area (Å²) in [6, 6.07) is 19.4. The van der Waals surface area contributed by atoms with Gasteiger partial charge in [-0.15, -0.1) is 0 Å². The number of rotatable bonds is 5. The Balaban J connectivity index is 2.38. The minimum absolute atomic E-state index is 0.198. The molecule has 134 valence electrons. The van der Waals surface area contributed by atoms with Crippen molar-refractivity contribution in [2.75, 3.05) is 5.32 Å². The monoisotopic (exact) mass is 349 g/mol. The predicted molar refractivity (Wildman–Crippen MR) is 105 cm³/mol. The number of hydrogen-bond acceptors (Lipinski definition) is 2. The zero-order valence-electron chi connectivity index (χ0n) is 15.3. The molecule has 3 rings (SSSR count). The largest absolute Gasteiger partial charge is 0.320 e. The van der Waals surface area contributed by atoms with E-state index in [1.54, 1.807) is 4.68 Å². The van der Waals surface area contributed by atoms with Gasteiger partial charge < -0.3 is 5.32 Å². The lowest BCUT2D eigenvalue weighted by atomic mass is 10.1. The number of nitrogens with one attached hydrogen (secondary N) is 1. The molecule has 2 aromatic carbocycles. The third-order valence-corrected chi connectivity index (χ3v) is 4.03. The highest BCUT2D eigenvalue weighted by molar-refractivity contribution is 5.93. The Morgan fingerprint density at radius 3 is 2.12 bits per heavy atom. The lowest BCUT2D eigenvalue weighted by molar-refractivity contribution is -0.114.